The Morgan fingerprint density at radius 3 is 2.78 bits per heavy atom. The first kappa shape index (κ1) is 19.7. The van der Waals surface area contributed by atoms with Gasteiger partial charge in [-0.2, -0.15) is 0 Å². The second-order valence-corrected chi connectivity index (χ2v) is 8.52. The van der Waals surface area contributed by atoms with Crippen molar-refractivity contribution in [3.8, 4) is 11.4 Å². The monoisotopic (exact) mass is 384 g/mol. The second-order valence-electron chi connectivity index (χ2n) is 7.21. The molecular weight excluding hydrogens is 356 g/mol. The van der Waals surface area contributed by atoms with Gasteiger partial charge in [-0.3, -0.25) is 9.36 Å². The van der Waals surface area contributed by atoms with Crippen LogP contribution in [0.5, 0.6) is 0 Å². The van der Waals surface area contributed by atoms with Gasteiger partial charge in [0.1, 0.15) is 0 Å². The van der Waals surface area contributed by atoms with E-state index in [0.29, 0.717) is 18.5 Å². The van der Waals surface area contributed by atoms with Gasteiger partial charge in [0.05, 0.1) is 5.25 Å². The number of carbonyl (C=O) groups is 1. The minimum Gasteiger partial charge on any atom is -0.352 e. The quantitative estimate of drug-likeness (QED) is 0.571. The summed E-state index contributed by atoms with van der Waals surface area (Å²) in [6.07, 6.45) is 6.57. The zero-order chi connectivity index (χ0) is 19.2. The summed E-state index contributed by atoms with van der Waals surface area (Å²) in [5.74, 6) is 1.42. The molecule has 5 nitrogen and oxygen atoms in total. The van der Waals surface area contributed by atoms with Gasteiger partial charge >= 0.3 is 0 Å². The Balaban J connectivity index is 1.71. The van der Waals surface area contributed by atoms with Crippen LogP contribution in [0.1, 0.15) is 39.5 Å². The minimum absolute atomic E-state index is 0.0770. The van der Waals surface area contributed by atoms with Gasteiger partial charge in [-0.1, -0.05) is 67.9 Å². The Kier molecular flexibility index (Phi) is 6.72. The SMILES string of the molecule is C=CCn1c(S[C@H](C)C(=O)N[C@H]2CCCC[C@@H]2C)nnc1-c1ccccc1. The second kappa shape index (κ2) is 9.22. The van der Waals surface area contributed by atoms with E-state index in [-0.39, 0.29) is 11.2 Å². The van der Waals surface area contributed by atoms with Crippen LogP contribution in [-0.4, -0.2) is 32.0 Å². The van der Waals surface area contributed by atoms with Crippen molar-refractivity contribution in [1.82, 2.24) is 20.1 Å². The molecule has 1 amide bonds. The van der Waals surface area contributed by atoms with E-state index in [9.17, 15) is 4.79 Å². The fourth-order valence-corrected chi connectivity index (χ4v) is 4.38. The Labute approximate surface area is 165 Å². The van der Waals surface area contributed by atoms with Gasteiger partial charge in [-0.25, -0.2) is 0 Å². The van der Waals surface area contributed by atoms with E-state index in [1.54, 1.807) is 0 Å². The van der Waals surface area contributed by atoms with Gasteiger partial charge in [0.2, 0.25) is 5.91 Å². The van der Waals surface area contributed by atoms with Crippen LogP contribution in [-0.2, 0) is 11.3 Å². The number of thioether (sulfide) groups is 1. The number of nitrogens with one attached hydrogen (secondary N) is 1. The van der Waals surface area contributed by atoms with Gasteiger partial charge in [-0.05, 0) is 25.7 Å². The first-order valence-electron chi connectivity index (χ1n) is 9.66. The van der Waals surface area contributed by atoms with E-state index < -0.39 is 0 Å². The summed E-state index contributed by atoms with van der Waals surface area (Å²) in [6, 6.07) is 10.3. The Bertz CT molecular complexity index is 774. The fraction of sp³-hybridized carbons (Fsp3) is 0.476. The molecule has 1 N–H and O–H groups in total. The maximum absolute atomic E-state index is 12.7. The van der Waals surface area contributed by atoms with Gasteiger partial charge in [0.15, 0.2) is 11.0 Å². The molecule has 6 heteroatoms. The Hall–Kier alpha value is -2.08. The fourth-order valence-electron chi connectivity index (χ4n) is 3.51. The average molecular weight is 385 g/mol. The zero-order valence-corrected chi connectivity index (χ0v) is 16.9. The number of carbonyl (C=O) groups excluding carboxylic acids is 1. The number of hydrogen-bond donors (Lipinski definition) is 1. The van der Waals surface area contributed by atoms with Crippen LogP contribution in [0, 0.1) is 5.92 Å². The van der Waals surface area contributed by atoms with Gasteiger partial charge in [0, 0.05) is 18.2 Å². The number of amides is 1. The third-order valence-electron chi connectivity index (χ3n) is 5.15. The van der Waals surface area contributed by atoms with Crippen molar-refractivity contribution in [1.29, 1.82) is 0 Å². The standard InChI is InChI=1S/C21H28N4OS/c1-4-14-25-19(17-11-6-5-7-12-17)23-24-21(25)27-16(3)20(26)22-18-13-9-8-10-15(18)2/h4-7,11-12,15-16,18H,1,8-10,13-14H2,2-3H3,(H,22,26)/t15-,16+,18-/m0/s1. The topological polar surface area (TPSA) is 59.8 Å². The van der Waals surface area contributed by atoms with Gasteiger partial charge < -0.3 is 5.32 Å². The predicted octanol–water partition coefficient (Wildman–Crippen LogP) is 4.31. The number of allylic oxidation sites excluding steroid dienone is 1. The molecule has 0 aliphatic heterocycles. The molecule has 0 unspecified atom stereocenters. The van der Waals surface area contributed by atoms with E-state index in [1.165, 1.54) is 31.0 Å². The molecule has 1 saturated carbocycles. The van der Waals surface area contributed by atoms with Crippen molar-refractivity contribution in [2.24, 2.45) is 5.92 Å². The van der Waals surface area contributed by atoms with Crippen LogP contribution >= 0.6 is 11.8 Å². The van der Waals surface area contributed by atoms with Crippen molar-refractivity contribution < 1.29 is 4.79 Å². The van der Waals surface area contributed by atoms with Crippen molar-refractivity contribution in [3.63, 3.8) is 0 Å². The minimum atomic E-state index is -0.226. The van der Waals surface area contributed by atoms with Crippen LogP contribution in [0.2, 0.25) is 0 Å². The molecule has 27 heavy (non-hydrogen) atoms. The molecule has 0 saturated heterocycles. The molecule has 1 aliphatic rings. The third kappa shape index (κ3) is 4.80. The lowest BCUT2D eigenvalue weighted by Gasteiger charge is -2.30. The van der Waals surface area contributed by atoms with E-state index in [0.717, 1.165) is 23.0 Å². The summed E-state index contributed by atoms with van der Waals surface area (Å²) in [6.45, 7) is 8.62. The molecule has 1 aromatic carbocycles. The van der Waals surface area contributed by atoms with E-state index in [1.807, 2.05) is 47.9 Å². The molecule has 3 rings (SSSR count). The maximum Gasteiger partial charge on any atom is 0.233 e. The number of benzene rings is 1. The molecule has 1 aliphatic carbocycles. The summed E-state index contributed by atoms with van der Waals surface area (Å²) in [5.41, 5.74) is 1.01. The Morgan fingerprint density at radius 1 is 1.33 bits per heavy atom. The highest BCUT2D eigenvalue weighted by Crippen LogP contribution is 2.28. The van der Waals surface area contributed by atoms with Crippen LogP contribution in [0.25, 0.3) is 11.4 Å². The normalized spacial score (nSPS) is 20.8. The zero-order valence-electron chi connectivity index (χ0n) is 16.1. The first-order valence-corrected chi connectivity index (χ1v) is 10.5. The lowest BCUT2D eigenvalue weighted by atomic mass is 9.86. The molecule has 1 fully saturated rings. The molecule has 1 heterocycles. The smallest absolute Gasteiger partial charge is 0.233 e. The summed E-state index contributed by atoms with van der Waals surface area (Å²) in [4.78, 5) is 12.7. The van der Waals surface area contributed by atoms with E-state index >= 15 is 0 Å². The van der Waals surface area contributed by atoms with Gasteiger partial charge in [-0.15, -0.1) is 16.8 Å². The molecule has 3 atom stereocenters. The molecular formula is C21H28N4OS. The largest absolute Gasteiger partial charge is 0.352 e. The highest BCUT2D eigenvalue weighted by Gasteiger charge is 2.26. The predicted molar refractivity (Wildman–Crippen MR) is 111 cm³/mol. The summed E-state index contributed by atoms with van der Waals surface area (Å²) < 4.78 is 2.01. The van der Waals surface area contributed by atoms with Gasteiger partial charge in [0.25, 0.3) is 0 Å². The molecule has 0 bridgehead atoms. The average Bonchev–Trinajstić information content (AvgIpc) is 3.07. The molecule has 1 aromatic heterocycles. The lowest BCUT2D eigenvalue weighted by Crippen LogP contribution is -2.44. The molecule has 144 valence electrons. The highest BCUT2D eigenvalue weighted by molar-refractivity contribution is 8.00. The number of aromatic nitrogens is 3. The summed E-state index contributed by atoms with van der Waals surface area (Å²) in [5, 5.41) is 12.5. The molecule has 0 radical (unpaired) electrons. The summed E-state index contributed by atoms with van der Waals surface area (Å²) in [7, 11) is 0. The van der Waals surface area contributed by atoms with Crippen molar-refractivity contribution in [2.75, 3.05) is 0 Å². The highest BCUT2D eigenvalue weighted by atomic mass is 32.2. The third-order valence-corrected chi connectivity index (χ3v) is 6.23. The van der Waals surface area contributed by atoms with Crippen LogP contribution in [0.4, 0.5) is 0 Å². The maximum atomic E-state index is 12.7. The van der Waals surface area contributed by atoms with Crippen LogP contribution in [0.3, 0.4) is 0 Å². The molecule has 2 aromatic rings. The first-order chi connectivity index (χ1) is 13.1. The number of nitrogens with zero attached hydrogens (tertiary/aromatic N) is 3. The van der Waals surface area contributed by atoms with Crippen molar-refractivity contribution in [3.05, 3.63) is 43.0 Å². The number of hydrogen-bond acceptors (Lipinski definition) is 4. The molecule has 0 spiro atoms. The number of rotatable bonds is 7. The van der Waals surface area contributed by atoms with E-state index in [2.05, 4.69) is 29.0 Å². The van der Waals surface area contributed by atoms with Crippen molar-refractivity contribution in [2.45, 2.75) is 62.5 Å². The van der Waals surface area contributed by atoms with Crippen LogP contribution < -0.4 is 5.32 Å². The van der Waals surface area contributed by atoms with Crippen molar-refractivity contribution >= 4 is 17.7 Å². The summed E-state index contributed by atoms with van der Waals surface area (Å²) >= 11 is 1.45. The lowest BCUT2D eigenvalue weighted by molar-refractivity contribution is -0.121. The Morgan fingerprint density at radius 2 is 2.07 bits per heavy atom. The van der Waals surface area contributed by atoms with E-state index in [4.69, 9.17) is 0 Å². The van der Waals surface area contributed by atoms with Crippen LogP contribution in [0.15, 0.2) is 48.1 Å².